The Labute approximate surface area is 194 Å². The zero-order valence-corrected chi connectivity index (χ0v) is 20.2. The number of sulfonamides is 1. The Bertz CT molecular complexity index is 1200. The summed E-state index contributed by atoms with van der Waals surface area (Å²) in [6.07, 6.45) is 1.52. The maximum atomic E-state index is 13.3. The van der Waals surface area contributed by atoms with Crippen LogP contribution in [0.25, 0.3) is 0 Å². The Morgan fingerprint density at radius 2 is 1.82 bits per heavy atom. The van der Waals surface area contributed by atoms with E-state index in [1.807, 2.05) is 20.9 Å². The molecule has 0 unspecified atom stereocenters. The molecule has 0 atom stereocenters. The number of fused-ring (bicyclic) bond motifs is 1. The van der Waals surface area contributed by atoms with Crippen LogP contribution >= 0.6 is 0 Å². The van der Waals surface area contributed by atoms with E-state index in [-0.39, 0.29) is 10.7 Å². The van der Waals surface area contributed by atoms with Crippen LogP contribution < -0.4 is 10.1 Å². The number of hydrogen-bond donors (Lipinski definition) is 0. The van der Waals surface area contributed by atoms with E-state index in [1.165, 1.54) is 21.1 Å². The van der Waals surface area contributed by atoms with Crippen LogP contribution in [0.3, 0.4) is 0 Å². The van der Waals surface area contributed by atoms with Crippen molar-refractivity contribution >= 4 is 27.5 Å². The zero-order valence-electron chi connectivity index (χ0n) is 19.4. The van der Waals surface area contributed by atoms with Gasteiger partial charge >= 0.3 is 0 Å². The molecule has 4 rings (SSSR count). The number of aliphatic imine (C=N–C) groups is 1. The van der Waals surface area contributed by atoms with Crippen molar-refractivity contribution in [3.8, 4) is 5.75 Å². The summed E-state index contributed by atoms with van der Waals surface area (Å²) >= 11 is 0. The minimum Gasteiger partial charge on any atom is -0.493 e. The van der Waals surface area contributed by atoms with Gasteiger partial charge in [-0.15, -0.1) is 0 Å². The van der Waals surface area contributed by atoms with E-state index in [0.29, 0.717) is 61.9 Å². The number of aromatic nitrogens is 2. The quantitative estimate of drug-likeness (QED) is 0.603. The number of benzene rings is 1. The summed E-state index contributed by atoms with van der Waals surface area (Å²) in [6, 6.07) is 4.65. The van der Waals surface area contributed by atoms with E-state index in [4.69, 9.17) is 4.74 Å². The molecule has 1 amide bonds. The van der Waals surface area contributed by atoms with E-state index in [9.17, 15) is 13.2 Å². The van der Waals surface area contributed by atoms with Gasteiger partial charge in [-0.25, -0.2) is 13.4 Å². The first-order valence-corrected chi connectivity index (χ1v) is 12.6. The van der Waals surface area contributed by atoms with Crippen molar-refractivity contribution in [3.05, 3.63) is 35.2 Å². The van der Waals surface area contributed by atoms with Crippen molar-refractivity contribution in [2.75, 3.05) is 39.8 Å². The van der Waals surface area contributed by atoms with E-state index >= 15 is 0 Å². The number of carbonyl (C=O) groups is 1. The highest BCUT2D eigenvalue weighted by atomic mass is 32.2. The molecule has 2 aromatic rings. The van der Waals surface area contributed by atoms with Crippen molar-refractivity contribution in [2.45, 2.75) is 31.6 Å². The van der Waals surface area contributed by atoms with Gasteiger partial charge in [0.1, 0.15) is 11.4 Å². The van der Waals surface area contributed by atoms with Gasteiger partial charge < -0.3 is 9.64 Å². The number of amides is 1. The van der Waals surface area contributed by atoms with Crippen LogP contribution in [0.2, 0.25) is 0 Å². The number of rotatable bonds is 7. The molecule has 1 saturated heterocycles. The lowest BCUT2D eigenvalue weighted by Crippen LogP contribution is -2.47. The number of piperazine rings is 1. The van der Waals surface area contributed by atoms with Crippen molar-refractivity contribution < 1.29 is 17.9 Å². The zero-order chi connectivity index (χ0) is 23.8. The summed E-state index contributed by atoms with van der Waals surface area (Å²) in [6.45, 7) is 6.42. The van der Waals surface area contributed by atoms with E-state index < -0.39 is 15.9 Å². The molecular weight excluding hydrogens is 444 g/mol. The monoisotopic (exact) mass is 473 g/mol. The van der Waals surface area contributed by atoms with Crippen LogP contribution in [0, 0.1) is 0 Å². The van der Waals surface area contributed by atoms with Crippen LogP contribution in [0.4, 0.5) is 5.69 Å². The molecule has 0 bridgehead atoms. The van der Waals surface area contributed by atoms with E-state index in [0.717, 1.165) is 12.1 Å². The minimum atomic E-state index is -3.71. The van der Waals surface area contributed by atoms with Gasteiger partial charge in [0.2, 0.25) is 10.0 Å². The number of amidine groups is 1. The molecule has 0 N–H and O–H groups in total. The van der Waals surface area contributed by atoms with Crippen molar-refractivity contribution in [1.29, 1.82) is 0 Å². The number of likely N-dealkylation sites (N-methyl/N-ethyl adjacent to an activating group) is 1. The average Bonchev–Trinajstić information content (AvgIpc) is 3.10. The maximum absolute atomic E-state index is 13.3. The highest BCUT2D eigenvalue weighted by Gasteiger charge is 2.32. The first-order chi connectivity index (χ1) is 15.8. The summed E-state index contributed by atoms with van der Waals surface area (Å²) in [4.78, 5) is 19.7. The molecule has 0 saturated carbocycles. The predicted molar refractivity (Wildman–Crippen MR) is 124 cm³/mol. The second kappa shape index (κ2) is 9.24. The largest absolute Gasteiger partial charge is 0.493 e. The molecule has 1 radical (unpaired) electrons. The smallest absolute Gasteiger partial charge is 0.299 e. The summed E-state index contributed by atoms with van der Waals surface area (Å²) in [5, 5.41) is 8.61. The lowest BCUT2D eigenvalue weighted by molar-refractivity contribution is 0.0963. The van der Waals surface area contributed by atoms with Gasteiger partial charge in [0.25, 0.3) is 5.91 Å². The Kier molecular flexibility index (Phi) is 6.55. The second-order valence-corrected chi connectivity index (χ2v) is 10.1. The maximum Gasteiger partial charge on any atom is 0.299 e. The third-order valence-corrected chi connectivity index (χ3v) is 7.69. The summed E-state index contributed by atoms with van der Waals surface area (Å²) in [5.74, 6) is 0.105. The normalized spacial score (nSPS) is 17.5. The van der Waals surface area contributed by atoms with Crippen LogP contribution in [0.5, 0.6) is 5.75 Å². The fourth-order valence-electron chi connectivity index (χ4n) is 4.03. The Morgan fingerprint density at radius 1 is 1.09 bits per heavy atom. The number of ether oxygens (including phenoxy) is 1. The molecule has 3 heterocycles. The first kappa shape index (κ1) is 23.4. The van der Waals surface area contributed by atoms with Crippen molar-refractivity contribution in [2.24, 2.45) is 12.0 Å². The third-order valence-electron chi connectivity index (χ3n) is 5.80. The van der Waals surface area contributed by atoms with Crippen molar-refractivity contribution in [1.82, 2.24) is 24.3 Å². The highest BCUT2D eigenvalue weighted by molar-refractivity contribution is 7.89. The molecule has 1 fully saturated rings. The minimum absolute atomic E-state index is 0.127. The summed E-state index contributed by atoms with van der Waals surface area (Å²) in [5.41, 5.74) is 1.91. The molecule has 2 aliphatic rings. The lowest BCUT2D eigenvalue weighted by atomic mass is 10.1. The molecule has 1 aromatic carbocycles. The molecule has 0 spiro atoms. The van der Waals surface area contributed by atoms with Gasteiger partial charge in [-0.1, -0.05) is 13.3 Å². The molecular formula is C22H29N6O4S. The Balaban J connectivity index is 1.79. The Morgan fingerprint density at radius 3 is 2.48 bits per heavy atom. The summed E-state index contributed by atoms with van der Waals surface area (Å²) in [7, 11) is -0.0463. The molecule has 10 nitrogen and oxygen atoms in total. The summed E-state index contributed by atoms with van der Waals surface area (Å²) < 4.78 is 35.4. The lowest BCUT2D eigenvalue weighted by Gasteiger charge is -2.31. The second-order valence-electron chi connectivity index (χ2n) is 8.17. The topological polar surface area (TPSA) is 111 Å². The van der Waals surface area contributed by atoms with Crippen LogP contribution in [0.15, 0.2) is 28.1 Å². The fraction of sp³-hybridized carbons (Fsp3) is 0.500. The predicted octanol–water partition coefficient (Wildman–Crippen LogP) is 1.54. The van der Waals surface area contributed by atoms with Gasteiger partial charge in [0.05, 0.1) is 22.8 Å². The van der Waals surface area contributed by atoms with Gasteiger partial charge in [-0.2, -0.15) is 14.7 Å². The number of aryl methyl sites for hydroxylation is 2. The van der Waals surface area contributed by atoms with Crippen LogP contribution in [-0.2, 0) is 23.5 Å². The van der Waals surface area contributed by atoms with Gasteiger partial charge in [-0.3, -0.25) is 9.48 Å². The van der Waals surface area contributed by atoms with Crippen LogP contribution in [-0.4, -0.2) is 79.0 Å². The van der Waals surface area contributed by atoms with E-state index in [1.54, 1.807) is 13.1 Å². The number of nitrogens with zero attached hydrogens (tertiary/aromatic N) is 6. The van der Waals surface area contributed by atoms with Gasteiger partial charge in [0.15, 0.2) is 11.5 Å². The fourth-order valence-corrected chi connectivity index (χ4v) is 5.48. The van der Waals surface area contributed by atoms with Gasteiger partial charge in [-0.05, 0) is 38.6 Å². The standard InChI is InChI=1S/C22H29N6O4S/c1-5-7-17-19-20(27(4)25-17)22(29)24-21(23-19)16-14-15(8-9-18(16)32-6-2)33(30,31)28-12-10-26(3)11-13-28/h8-9,14H,5-7,10-13H2,1-4H3. The molecule has 1 aromatic heterocycles. The molecule has 0 aliphatic carbocycles. The number of carbonyl (C=O) groups excluding carboxylic acids is 1. The SMILES string of the molecule is CCCc1nn(C)c2c1N=C(c1cc(S(=O)(=O)N3CCN(C)CC3)ccc1OCC)[N]C2=O. The van der Waals surface area contributed by atoms with Crippen molar-refractivity contribution in [3.63, 3.8) is 0 Å². The molecule has 2 aliphatic heterocycles. The Hall–Kier alpha value is -2.76. The number of hydrogen-bond acceptors (Lipinski definition) is 7. The van der Waals surface area contributed by atoms with Crippen LogP contribution in [0.1, 0.15) is 42.0 Å². The van der Waals surface area contributed by atoms with Gasteiger partial charge in [0, 0.05) is 33.2 Å². The van der Waals surface area contributed by atoms with E-state index in [2.05, 4.69) is 20.3 Å². The molecule has 33 heavy (non-hydrogen) atoms. The molecule has 177 valence electrons. The third kappa shape index (κ3) is 4.40. The first-order valence-electron chi connectivity index (χ1n) is 11.1. The average molecular weight is 474 g/mol. The highest BCUT2D eigenvalue weighted by Crippen LogP contribution is 2.32. The molecule has 11 heteroatoms.